The fourth-order valence-electron chi connectivity index (χ4n) is 1.04. The summed E-state index contributed by atoms with van der Waals surface area (Å²) in [4.78, 5) is 3.98. The number of pyridine rings is 1. The van der Waals surface area contributed by atoms with Crippen LogP contribution in [0.15, 0.2) is 18.5 Å². The lowest BCUT2D eigenvalue weighted by molar-refractivity contribution is 0.513. The van der Waals surface area contributed by atoms with E-state index in [1.807, 2.05) is 6.07 Å². The zero-order valence-corrected chi connectivity index (χ0v) is 7.49. The van der Waals surface area contributed by atoms with Crippen molar-refractivity contribution in [3.63, 3.8) is 0 Å². The van der Waals surface area contributed by atoms with E-state index >= 15 is 0 Å². The molecule has 0 aliphatic heterocycles. The van der Waals surface area contributed by atoms with Gasteiger partial charge in [0.2, 0.25) is 0 Å². The summed E-state index contributed by atoms with van der Waals surface area (Å²) in [7, 11) is 0. The molecule has 0 unspecified atom stereocenters. The summed E-state index contributed by atoms with van der Waals surface area (Å²) in [6.07, 6.45) is 3.39. The summed E-state index contributed by atoms with van der Waals surface area (Å²) in [5, 5.41) is 0. The highest BCUT2D eigenvalue weighted by atomic mass is 14.7. The van der Waals surface area contributed by atoms with Gasteiger partial charge in [0.1, 0.15) is 0 Å². The summed E-state index contributed by atoms with van der Waals surface area (Å²) in [5.41, 5.74) is 13.2. The maximum atomic E-state index is 5.91. The van der Waals surface area contributed by atoms with Crippen molar-refractivity contribution >= 4 is 5.69 Å². The number of nitrogens with two attached hydrogens (primary N) is 2. The van der Waals surface area contributed by atoms with Crippen molar-refractivity contribution in [3.8, 4) is 0 Å². The Morgan fingerprint density at radius 2 is 2.00 bits per heavy atom. The van der Waals surface area contributed by atoms with Crippen molar-refractivity contribution < 1.29 is 0 Å². The molecule has 0 saturated carbocycles. The molecule has 0 spiro atoms. The molecular weight excluding hydrogens is 150 g/mol. The number of aromatic nitrogens is 1. The zero-order valence-electron chi connectivity index (χ0n) is 7.49. The van der Waals surface area contributed by atoms with E-state index in [0.29, 0.717) is 11.6 Å². The summed E-state index contributed by atoms with van der Waals surface area (Å²) in [5.74, 6) is 0.411. The van der Waals surface area contributed by atoms with E-state index in [4.69, 9.17) is 11.5 Å². The quantitative estimate of drug-likeness (QED) is 0.694. The summed E-state index contributed by atoms with van der Waals surface area (Å²) >= 11 is 0. The first kappa shape index (κ1) is 9.00. The van der Waals surface area contributed by atoms with E-state index in [9.17, 15) is 0 Å². The van der Waals surface area contributed by atoms with Gasteiger partial charge in [-0.2, -0.15) is 0 Å². The molecule has 0 radical (unpaired) electrons. The van der Waals surface area contributed by atoms with Gasteiger partial charge in [-0.05, 0) is 17.5 Å². The molecule has 12 heavy (non-hydrogen) atoms. The second-order valence-electron chi connectivity index (χ2n) is 3.32. The average molecular weight is 165 g/mol. The Morgan fingerprint density at radius 1 is 1.33 bits per heavy atom. The van der Waals surface area contributed by atoms with Gasteiger partial charge in [0, 0.05) is 18.4 Å². The van der Waals surface area contributed by atoms with Gasteiger partial charge in [-0.1, -0.05) is 13.8 Å². The largest absolute Gasteiger partial charge is 0.397 e. The molecule has 3 heteroatoms. The van der Waals surface area contributed by atoms with Crippen molar-refractivity contribution in [2.24, 2.45) is 11.7 Å². The van der Waals surface area contributed by atoms with E-state index in [-0.39, 0.29) is 6.04 Å². The second-order valence-corrected chi connectivity index (χ2v) is 3.32. The Hall–Kier alpha value is -1.09. The second kappa shape index (κ2) is 3.54. The Balaban J connectivity index is 2.88. The molecule has 1 heterocycles. The first-order valence-electron chi connectivity index (χ1n) is 4.07. The minimum atomic E-state index is 0.0287. The van der Waals surface area contributed by atoms with Crippen LogP contribution in [0.2, 0.25) is 0 Å². The molecule has 1 atom stereocenters. The normalized spacial score (nSPS) is 13.3. The SMILES string of the molecule is CC(C)[C@@H](N)c1cncc(N)c1. The van der Waals surface area contributed by atoms with Crippen molar-refractivity contribution in [1.29, 1.82) is 0 Å². The van der Waals surface area contributed by atoms with Gasteiger partial charge >= 0.3 is 0 Å². The zero-order chi connectivity index (χ0) is 9.14. The highest BCUT2D eigenvalue weighted by Crippen LogP contribution is 2.18. The van der Waals surface area contributed by atoms with Crippen molar-refractivity contribution in [2.45, 2.75) is 19.9 Å². The van der Waals surface area contributed by atoms with E-state index in [1.165, 1.54) is 0 Å². The van der Waals surface area contributed by atoms with Crippen LogP contribution in [-0.4, -0.2) is 4.98 Å². The van der Waals surface area contributed by atoms with Crippen LogP contribution in [-0.2, 0) is 0 Å². The fraction of sp³-hybridized carbons (Fsp3) is 0.444. The topological polar surface area (TPSA) is 64.9 Å². The van der Waals surface area contributed by atoms with Gasteiger partial charge in [0.05, 0.1) is 5.69 Å². The number of nitrogen functional groups attached to an aromatic ring is 1. The van der Waals surface area contributed by atoms with E-state index in [2.05, 4.69) is 18.8 Å². The summed E-state index contributed by atoms with van der Waals surface area (Å²) in [6, 6.07) is 1.90. The van der Waals surface area contributed by atoms with Crippen LogP contribution in [0.4, 0.5) is 5.69 Å². The smallest absolute Gasteiger partial charge is 0.0503 e. The average Bonchev–Trinajstić information content (AvgIpc) is 2.03. The Bertz CT molecular complexity index is 258. The molecule has 3 nitrogen and oxygen atoms in total. The van der Waals surface area contributed by atoms with Crippen LogP contribution in [0.1, 0.15) is 25.5 Å². The van der Waals surface area contributed by atoms with Crippen LogP contribution in [0.3, 0.4) is 0 Å². The molecule has 1 aromatic heterocycles. The molecule has 4 N–H and O–H groups in total. The summed E-state index contributed by atoms with van der Waals surface area (Å²) < 4.78 is 0. The Labute approximate surface area is 72.8 Å². The monoisotopic (exact) mass is 165 g/mol. The van der Waals surface area contributed by atoms with Crippen LogP contribution in [0, 0.1) is 5.92 Å². The van der Waals surface area contributed by atoms with E-state index in [1.54, 1.807) is 12.4 Å². The third kappa shape index (κ3) is 1.95. The molecule has 0 saturated heterocycles. The first-order chi connectivity index (χ1) is 5.61. The molecule has 0 fully saturated rings. The molecule has 1 rings (SSSR count). The molecule has 0 aliphatic carbocycles. The highest BCUT2D eigenvalue weighted by molar-refractivity contribution is 5.38. The van der Waals surface area contributed by atoms with E-state index in [0.717, 1.165) is 5.56 Å². The number of nitrogens with zero attached hydrogens (tertiary/aromatic N) is 1. The van der Waals surface area contributed by atoms with Gasteiger partial charge in [-0.3, -0.25) is 4.98 Å². The number of rotatable bonds is 2. The van der Waals surface area contributed by atoms with Gasteiger partial charge < -0.3 is 11.5 Å². The van der Waals surface area contributed by atoms with Crippen LogP contribution < -0.4 is 11.5 Å². The minimum absolute atomic E-state index is 0.0287. The molecule has 0 amide bonds. The Morgan fingerprint density at radius 3 is 2.50 bits per heavy atom. The van der Waals surface area contributed by atoms with Crippen LogP contribution >= 0.6 is 0 Å². The third-order valence-electron chi connectivity index (χ3n) is 1.88. The fourth-order valence-corrected chi connectivity index (χ4v) is 1.04. The van der Waals surface area contributed by atoms with Crippen molar-refractivity contribution in [3.05, 3.63) is 24.0 Å². The molecular formula is C9H15N3. The van der Waals surface area contributed by atoms with Crippen molar-refractivity contribution in [2.75, 3.05) is 5.73 Å². The summed E-state index contributed by atoms with van der Waals surface area (Å²) in [6.45, 7) is 4.15. The maximum absolute atomic E-state index is 5.91. The molecule has 66 valence electrons. The molecule has 0 aliphatic rings. The van der Waals surface area contributed by atoms with Crippen LogP contribution in [0.5, 0.6) is 0 Å². The number of anilines is 1. The third-order valence-corrected chi connectivity index (χ3v) is 1.88. The van der Waals surface area contributed by atoms with Gasteiger partial charge in [-0.25, -0.2) is 0 Å². The predicted molar refractivity (Wildman–Crippen MR) is 50.4 cm³/mol. The van der Waals surface area contributed by atoms with E-state index < -0.39 is 0 Å². The molecule has 1 aromatic rings. The predicted octanol–water partition coefficient (Wildman–Crippen LogP) is 1.32. The van der Waals surface area contributed by atoms with Crippen LogP contribution in [0.25, 0.3) is 0 Å². The minimum Gasteiger partial charge on any atom is -0.397 e. The Kier molecular flexibility index (Phi) is 2.65. The van der Waals surface area contributed by atoms with Gasteiger partial charge in [0.25, 0.3) is 0 Å². The number of hydrogen-bond donors (Lipinski definition) is 2. The molecule has 0 bridgehead atoms. The lowest BCUT2D eigenvalue weighted by Gasteiger charge is -2.15. The lowest BCUT2D eigenvalue weighted by atomic mass is 9.98. The standard InChI is InChI=1S/C9H15N3/c1-6(2)9(11)7-3-8(10)5-12-4-7/h3-6,9H,10-11H2,1-2H3/t9-/m1/s1. The number of hydrogen-bond acceptors (Lipinski definition) is 3. The molecule has 0 aromatic carbocycles. The van der Waals surface area contributed by atoms with Crippen molar-refractivity contribution in [1.82, 2.24) is 4.98 Å². The van der Waals surface area contributed by atoms with Gasteiger partial charge in [-0.15, -0.1) is 0 Å². The van der Waals surface area contributed by atoms with Gasteiger partial charge in [0.15, 0.2) is 0 Å². The highest BCUT2D eigenvalue weighted by Gasteiger charge is 2.10. The maximum Gasteiger partial charge on any atom is 0.0503 e. The first-order valence-corrected chi connectivity index (χ1v) is 4.07. The lowest BCUT2D eigenvalue weighted by Crippen LogP contribution is -2.16.